The molecule has 8 nitrogen and oxygen atoms in total. The maximum Gasteiger partial charge on any atom is 0.290 e. The van der Waals surface area contributed by atoms with Gasteiger partial charge in [0, 0.05) is 31.9 Å². The van der Waals surface area contributed by atoms with Crippen LogP contribution in [-0.4, -0.2) is 60.6 Å². The highest BCUT2D eigenvalue weighted by atomic mass is 16.5. The van der Waals surface area contributed by atoms with Gasteiger partial charge in [0.25, 0.3) is 6.47 Å². The van der Waals surface area contributed by atoms with Gasteiger partial charge in [0.2, 0.25) is 0 Å². The molecule has 3 aliphatic heterocycles. The molecule has 0 radical (unpaired) electrons. The zero-order valence-electron chi connectivity index (χ0n) is 16.9. The van der Waals surface area contributed by atoms with Crippen molar-refractivity contribution in [3.05, 3.63) is 47.9 Å². The SMILES string of the molecule is O=CO.c1cnc(N2CCC3(CC2)OCCc2cc(OC4CCOC4)ccc23)cn1. The van der Waals surface area contributed by atoms with Gasteiger partial charge in [-0.3, -0.25) is 9.78 Å². The maximum absolute atomic E-state index is 8.36. The summed E-state index contributed by atoms with van der Waals surface area (Å²) in [6.45, 7) is 3.87. The molecule has 1 aromatic carbocycles. The molecular formula is C22H27N3O5. The van der Waals surface area contributed by atoms with E-state index in [2.05, 4.69) is 33.1 Å². The molecule has 2 aromatic rings. The minimum atomic E-state index is -0.250. The lowest BCUT2D eigenvalue weighted by Crippen LogP contribution is -2.47. The van der Waals surface area contributed by atoms with Crippen molar-refractivity contribution in [2.75, 3.05) is 37.8 Å². The Kier molecular flexibility index (Phi) is 6.44. The molecule has 1 atom stereocenters. The summed E-state index contributed by atoms with van der Waals surface area (Å²) < 4.78 is 17.9. The van der Waals surface area contributed by atoms with Gasteiger partial charge in [-0.1, -0.05) is 6.07 Å². The Morgan fingerprint density at radius 2 is 2.07 bits per heavy atom. The molecule has 0 aliphatic carbocycles. The third-order valence-electron chi connectivity index (χ3n) is 5.95. The minimum absolute atomic E-state index is 0.179. The highest BCUT2D eigenvalue weighted by Gasteiger charge is 2.41. The average Bonchev–Trinajstić information content (AvgIpc) is 3.29. The number of carbonyl (C=O) groups is 1. The van der Waals surface area contributed by atoms with Crippen molar-refractivity contribution in [2.24, 2.45) is 0 Å². The number of carboxylic acid groups (broad SMARTS) is 1. The molecule has 0 amide bonds. The number of hydrogen-bond acceptors (Lipinski definition) is 7. The third kappa shape index (κ3) is 4.39. The van der Waals surface area contributed by atoms with Crippen molar-refractivity contribution in [3.8, 4) is 5.75 Å². The zero-order chi connectivity index (χ0) is 20.8. The Hall–Kier alpha value is -2.71. The lowest BCUT2D eigenvalue weighted by molar-refractivity contribution is -0.122. The molecule has 160 valence electrons. The Morgan fingerprint density at radius 3 is 2.77 bits per heavy atom. The summed E-state index contributed by atoms with van der Waals surface area (Å²) >= 11 is 0. The smallest absolute Gasteiger partial charge is 0.290 e. The molecule has 1 aromatic heterocycles. The number of piperidine rings is 1. The number of anilines is 1. The second-order valence-corrected chi connectivity index (χ2v) is 7.67. The lowest BCUT2D eigenvalue weighted by atomic mass is 9.79. The van der Waals surface area contributed by atoms with Crippen molar-refractivity contribution >= 4 is 12.3 Å². The number of ether oxygens (including phenoxy) is 3. The molecule has 0 bridgehead atoms. The van der Waals surface area contributed by atoms with Gasteiger partial charge in [0.05, 0.1) is 31.6 Å². The first-order valence-corrected chi connectivity index (χ1v) is 10.3. The molecule has 1 N–H and O–H groups in total. The average molecular weight is 413 g/mol. The van der Waals surface area contributed by atoms with Gasteiger partial charge in [0.1, 0.15) is 17.7 Å². The molecule has 8 heteroatoms. The van der Waals surface area contributed by atoms with E-state index in [0.717, 1.165) is 63.6 Å². The van der Waals surface area contributed by atoms with Gasteiger partial charge in [-0.05, 0) is 42.5 Å². The summed E-state index contributed by atoms with van der Waals surface area (Å²) in [4.78, 5) is 19.3. The second kappa shape index (κ2) is 9.40. The van der Waals surface area contributed by atoms with Crippen molar-refractivity contribution in [1.29, 1.82) is 0 Å². The van der Waals surface area contributed by atoms with E-state index in [1.54, 1.807) is 12.4 Å². The summed E-state index contributed by atoms with van der Waals surface area (Å²) in [7, 11) is 0. The second-order valence-electron chi connectivity index (χ2n) is 7.67. The summed E-state index contributed by atoms with van der Waals surface area (Å²) in [5, 5.41) is 6.89. The summed E-state index contributed by atoms with van der Waals surface area (Å²) in [6.07, 6.45) is 9.35. The van der Waals surface area contributed by atoms with Crippen LogP contribution in [0.15, 0.2) is 36.8 Å². The molecular weight excluding hydrogens is 386 g/mol. The van der Waals surface area contributed by atoms with Gasteiger partial charge in [-0.25, -0.2) is 4.98 Å². The molecule has 5 rings (SSSR count). The summed E-state index contributed by atoms with van der Waals surface area (Å²) in [5.74, 6) is 1.91. The van der Waals surface area contributed by atoms with Crippen molar-refractivity contribution < 1.29 is 24.1 Å². The first kappa shape index (κ1) is 20.6. The Balaban J connectivity index is 0.000000687. The molecule has 0 saturated carbocycles. The van der Waals surface area contributed by atoms with Crippen LogP contribution in [0.4, 0.5) is 5.82 Å². The van der Waals surface area contributed by atoms with Crippen LogP contribution in [0.1, 0.15) is 30.4 Å². The highest BCUT2D eigenvalue weighted by molar-refractivity contribution is 5.43. The molecule has 4 heterocycles. The standard InChI is InChI=1S/C21H25N3O3.CH2O2/c1-2-19-16(13-17(1)27-18-4-11-25-15-18)3-12-26-21(19)5-9-24(10-6-21)20-14-22-7-8-23-20;2-1-3/h1-2,7-8,13-14,18H,3-6,9-12,15H2;1H,(H,2,3). The summed E-state index contributed by atoms with van der Waals surface area (Å²) in [6, 6.07) is 6.53. The van der Waals surface area contributed by atoms with Gasteiger partial charge < -0.3 is 24.2 Å². The van der Waals surface area contributed by atoms with Crippen LogP contribution in [0, 0.1) is 0 Å². The van der Waals surface area contributed by atoms with Gasteiger partial charge in [-0.15, -0.1) is 0 Å². The van der Waals surface area contributed by atoms with Crippen LogP contribution in [-0.2, 0) is 26.3 Å². The van der Waals surface area contributed by atoms with Crippen LogP contribution in [0.5, 0.6) is 5.75 Å². The number of rotatable bonds is 3. The minimum Gasteiger partial charge on any atom is -0.488 e. The fourth-order valence-corrected chi connectivity index (χ4v) is 4.49. The Labute approximate surface area is 175 Å². The van der Waals surface area contributed by atoms with E-state index in [9.17, 15) is 0 Å². The van der Waals surface area contributed by atoms with E-state index in [4.69, 9.17) is 24.1 Å². The fraction of sp³-hybridized carbons (Fsp3) is 0.500. The van der Waals surface area contributed by atoms with Crippen molar-refractivity contribution in [1.82, 2.24) is 9.97 Å². The van der Waals surface area contributed by atoms with Gasteiger partial charge in [0.15, 0.2) is 0 Å². The maximum atomic E-state index is 8.36. The molecule has 2 saturated heterocycles. The van der Waals surface area contributed by atoms with Crippen LogP contribution in [0.25, 0.3) is 0 Å². The third-order valence-corrected chi connectivity index (χ3v) is 5.95. The predicted octanol–water partition coefficient (Wildman–Crippen LogP) is 2.41. The molecule has 3 aliphatic rings. The van der Waals surface area contributed by atoms with Gasteiger partial charge >= 0.3 is 0 Å². The van der Waals surface area contributed by atoms with E-state index in [1.807, 2.05) is 6.20 Å². The quantitative estimate of drug-likeness (QED) is 0.767. The van der Waals surface area contributed by atoms with Crippen LogP contribution >= 0.6 is 0 Å². The number of hydrogen-bond donors (Lipinski definition) is 1. The van der Waals surface area contributed by atoms with Crippen molar-refractivity contribution in [3.63, 3.8) is 0 Å². The first-order chi connectivity index (χ1) is 14.7. The number of fused-ring (bicyclic) bond motifs is 2. The van der Waals surface area contributed by atoms with E-state index in [0.29, 0.717) is 6.61 Å². The molecule has 2 fully saturated rings. The fourth-order valence-electron chi connectivity index (χ4n) is 4.49. The predicted molar refractivity (Wildman–Crippen MR) is 110 cm³/mol. The highest BCUT2D eigenvalue weighted by Crippen LogP contribution is 2.43. The van der Waals surface area contributed by atoms with E-state index >= 15 is 0 Å². The van der Waals surface area contributed by atoms with E-state index in [-0.39, 0.29) is 18.2 Å². The van der Waals surface area contributed by atoms with Crippen LogP contribution < -0.4 is 9.64 Å². The summed E-state index contributed by atoms with van der Waals surface area (Å²) in [5.41, 5.74) is 2.52. The molecule has 1 unspecified atom stereocenters. The molecule has 30 heavy (non-hydrogen) atoms. The van der Waals surface area contributed by atoms with E-state index in [1.165, 1.54) is 11.1 Å². The van der Waals surface area contributed by atoms with Crippen LogP contribution in [0.2, 0.25) is 0 Å². The normalized spacial score (nSPS) is 22.0. The number of benzene rings is 1. The van der Waals surface area contributed by atoms with E-state index < -0.39 is 0 Å². The number of nitrogens with zero attached hydrogens (tertiary/aromatic N) is 3. The number of aromatic nitrogens is 2. The first-order valence-electron chi connectivity index (χ1n) is 10.3. The Morgan fingerprint density at radius 1 is 1.23 bits per heavy atom. The van der Waals surface area contributed by atoms with Crippen LogP contribution in [0.3, 0.4) is 0 Å². The van der Waals surface area contributed by atoms with Crippen molar-refractivity contribution in [2.45, 2.75) is 37.4 Å². The molecule has 1 spiro atoms. The largest absolute Gasteiger partial charge is 0.488 e. The topological polar surface area (TPSA) is 94.0 Å². The zero-order valence-corrected chi connectivity index (χ0v) is 16.9. The van der Waals surface area contributed by atoms with Gasteiger partial charge in [-0.2, -0.15) is 0 Å². The Bertz CT molecular complexity index is 834. The monoisotopic (exact) mass is 413 g/mol. The lowest BCUT2D eigenvalue weighted by Gasteiger charge is -2.45.